The van der Waals surface area contributed by atoms with Gasteiger partial charge in [0.15, 0.2) is 16.3 Å². The molecule has 0 aliphatic carbocycles. The van der Waals surface area contributed by atoms with Crippen LogP contribution in [0.25, 0.3) is 11.8 Å². The molecule has 4 aromatic carbocycles. The largest absolute Gasteiger partial charge is 0.493 e. The highest BCUT2D eigenvalue weighted by molar-refractivity contribution is 7.07. The number of hydrogen-bond donors (Lipinski definition) is 0. The van der Waals surface area contributed by atoms with Crippen molar-refractivity contribution in [1.29, 1.82) is 0 Å². The molecule has 0 radical (unpaired) electrons. The average molecular weight is 679 g/mol. The van der Waals surface area contributed by atoms with Crippen molar-refractivity contribution in [2.45, 2.75) is 39.3 Å². The number of fused-ring (bicyclic) bond motifs is 1. The number of rotatable bonds is 10. The van der Waals surface area contributed by atoms with Crippen LogP contribution in [0.1, 0.15) is 60.5 Å². The predicted molar refractivity (Wildman–Crippen MR) is 190 cm³/mol. The lowest BCUT2D eigenvalue weighted by molar-refractivity contribution is -0.138. The molecule has 1 aliphatic heterocycles. The predicted octanol–water partition coefficient (Wildman–Crippen LogP) is 7.30. The standard InChI is InChI=1S/C39H35ClN2O5S/c1-5-46-38(44)34-35(28-9-7-6-8-10-28)41-39-42(36(34)29-16-14-27(15-17-29)24(2)3)37(43)33(48-39)22-26-13-20-31(32(21-26)45-4)47-23-25-11-18-30(40)19-12-25/h6-22,24,36H,5,23H2,1-4H3/b33-22-/t36-/m1/s1. The number of esters is 1. The van der Waals surface area contributed by atoms with Gasteiger partial charge >= 0.3 is 5.97 Å². The molecule has 9 heteroatoms. The highest BCUT2D eigenvalue weighted by atomic mass is 35.5. The second-order valence-electron chi connectivity index (χ2n) is 11.6. The van der Waals surface area contributed by atoms with Crippen LogP contribution >= 0.6 is 22.9 Å². The van der Waals surface area contributed by atoms with Gasteiger partial charge in [-0.15, -0.1) is 0 Å². The summed E-state index contributed by atoms with van der Waals surface area (Å²) >= 11 is 7.29. The van der Waals surface area contributed by atoms with Crippen molar-refractivity contribution < 1.29 is 19.0 Å². The van der Waals surface area contributed by atoms with E-state index in [0.717, 1.165) is 27.8 Å². The molecule has 0 saturated carbocycles. The van der Waals surface area contributed by atoms with Gasteiger partial charge in [-0.05, 0) is 65.4 Å². The molecule has 0 N–H and O–H groups in total. The molecule has 1 aliphatic rings. The van der Waals surface area contributed by atoms with E-state index >= 15 is 0 Å². The molecule has 0 amide bonds. The van der Waals surface area contributed by atoms with Crippen molar-refractivity contribution >= 4 is 40.7 Å². The maximum atomic E-state index is 14.3. The third-order valence-electron chi connectivity index (χ3n) is 8.09. The van der Waals surface area contributed by atoms with Crippen molar-refractivity contribution in [3.63, 3.8) is 0 Å². The van der Waals surface area contributed by atoms with Gasteiger partial charge in [-0.25, -0.2) is 9.79 Å². The van der Waals surface area contributed by atoms with Gasteiger partial charge in [-0.2, -0.15) is 0 Å². The molecule has 0 fully saturated rings. The molecule has 1 atom stereocenters. The third-order valence-corrected chi connectivity index (χ3v) is 9.32. The van der Waals surface area contributed by atoms with Crippen LogP contribution in [0, 0.1) is 0 Å². The first-order valence-electron chi connectivity index (χ1n) is 15.7. The molecule has 48 heavy (non-hydrogen) atoms. The van der Waals surface area contributed by atoms with Gasteiger partial charge in [-0.3, -0.25) is 9.36 Å². The summed E-state index contributed by atoms with van der Waals surface area (Å²) in [4.78, 5) is 33.5. The summed E-state index contributed by atoms with van der Waals surface area (Å²) in [5, 5.41) is 0.662. The first-order valence-corrected chi connectivity index (χ1v) is 16.9. The molecule has 0 saturated heterocycles. The van der Waals surface area contributed by atoms with Crippen molar-refractivity contribution in [3.8, 4) is 11.5 Å². The molecular formula is C39H35ClN2O5S. The fourth-order valence-corrected chi connectivity index (χ4v) is 6.73. The molecule has 5 aromatic rings. The lowest BCUT2D eigenvalue weighted by atomic mass is 9.91. The van der Waals surface area contributed by atoms with Crippen molar-refractivity contribution in [1.82, 2.24) is 4.57 Å². The molecule has 2 heterocycles. The highest BCUT2D eigenvalue weighted by Gasteiger charge is 2.35. The Morgan fingerprint density at radius 1 is 0.979 bits per heavy atom. The second kappa shape index (κ2) is 14.5. The maximum Gasteiger partial charge on any atom is 0.338 e. The van der Waals surface area contributed by atoms with Gasteiger partial charge in [0.05, 0.1) is 35.6 Å². The van der Waals surface area contributed by atoms with Crippen LogP contribution in [0.3, 0.4) is 0 Å². The van der Waals surface area contributed by atoms with Crippen LogP contribution in [0.4, 0.5) is 0 Å². The smallest absolute Gasteiger partial charge is 0.338 e. The summed E-state index contributed by atoms with van der Waals surface area (Å²) < 4.78 is 19.3. The summed E-state index contributed by atoms with van der Waals surface area (Å²) in [6.45, 7) is 6.56. The Bertz CT molecular complexity index is 2150. The number of ether oxygens (including phenoxy) is 3. The number of halogens is 1. The Morgan fingerprint density at radius 3 is 2.38 bits per heavy atom. The van der Waals surface area contributed by atoms with E-state index in [1.807, 2.05) is 103 Å². The van der Waals surface area contributed by atoms with Gasteiger partial charge in [0.1, 0.15) is 6.61 Å². The Morgan fingerprint density at radius 2 is 1.71 bits per heavy atom. The van der Waals surface area contributed by atoms with Gasteiger partial charge < -0.3 is 14.2 Å². The Kier molecular flexibility index (Phi) is 9.94. The van der Waals surface area contributed by atoms with Gasteiger partial charge in [-0.1, -0.05) is 110 Å². The van der Waals surface area contributed by atoms with E-state index in [-0.39, 0.29) is 12.2 Å². The van der Waals surface area contributed by atoms with E-state index in [9.17, 15) is 9.59 Å². The number of carbonyl (C=O) groups excluding carboxylic acids is 1. The zero-order valence-electron chi connectivity index (χ0n) is 27.1. The summed E-state index contributed by atoms with van der Waals surface area (Å²) in [5.41, 5.74) is 4.99. The van der Waals surface area contributed by atoms with E-state index in [1.54, 1.807) is 18.6 Å². The number of benzene rings is 4. The van der Waals surface area contributed by atoms with E-state index in [1.165, 1.54) is 11.3 Å². The number of thiazole rings is 1. The van der Waals surface area contributed by atoms with Crippen molar-refractivity contribution in [2.75, 3.05) is 13.7 Å². The monoisotopic (exact) mass is 678 g/mol. The first-order chi connectivity index (χ1) is 23.3. The first kappa shape index (κ1) is 33.0. The van der Waals surface area contributed by atoms with Gasteiger partial charge in [0, 0.05) is 10.6 Å². The fourth-order valence-electron chi connectivity index (χ4n) is 5.61. The van der Waals surface area contributed by atoms with Crippen LogP contribution in [0.2, 0.25) is 5.02 Å². The number of aromatic nitrogens is 1. The number of hydrogen-bond acceptors (Lipinski definition) is 7. The molecule has 0 spiro atoms. The van der Waals surface area contributed by atoms with Crippen molar-refractivity contribution in [2.24, 2.45) is 4.99 Å². The van der Waals surface area contributed by atoms with Crippen LogP contribution in [-0.2, 0) is 16.1 Å². The lowest BCUT2D eigenvalue weighted by Gasteiger charge is -2.26. The Labute approximate surface area is 288 Å². The van der Waals surface area contributed by atoms with Crippen molar-refractivity contribution in [3.05, 3.63) is 155 Å². The van der Waals surface area contributed by atoms with E-state index in [0.29, 0.717) is 49.7 Å². The zero-order valence-corrected chi connectivity index (χ0v) is 28.7. The Balaban J connectivity index is 1.47. The minimum Gasteiger partial charge on any atom is -0.493 e. The summed E-state index contributed by atoms with van der Waals surface area (Å²) in [6, 6.07) is 29.8. The topological polar surface area (TPSA) is 79.1 Å². The Hall–Kier alpha value is -4.92. The second-order valence-corrected chi connectivity index (χ2v) is 13.0. The van der Waals surface area contributed by atoms with Gasteiger partial charge in [0.25, 0.3) is 5.56 Å². The van der Waals surface area contributed by atoms with Gasteiger partial charge in [0.2, 0.25) is 0 Å². The SMILES string of the molecule is CCOC(=O)C1=C(c2ccccc2)N=c2s/c(=C\c3ccc(OCc4ccc(Cl)cc4)c(OC)c3)c(=O)n2[C@@H]1c1ccc(C(C)C)cc1. The summed E-state index contributed by atoms with van der Waals surface area (Å²) in [5.74, 6) is 0.922. The van der Waals surface area contributed by atoms with E-state index in [2.05, 4.69) is 13.8 Å². The molecular weight excluding hydrogens is 644 g/mol. The highest BCUT2D eigenvalue weighted by Crippen LogP contribution is 2.36. The quantitative estimate of drug-likeness (QED) is 0.145. The average Bonchev–Trinajstić information content (AvgIpc) is 3.41. The van der Waals surface area contributed by atoms with Crippen LogP contribution < -0.4 is 24.4 Å². The molecule has 0 bridgehead atoms. The zero-order chi connectivity index (χ0) is 33.8. The van der Waals surface area contributed by atoms with E-state index in [4.69, 9.17) is 30.8 Å². The minimum absolute atomic E-state index is 0.190. The summed E-state index contributed by atoms with van der Waals surface area (Å²) in [6.07, 6.45) is 1.81. The summed E-state index contributed by atoms with van der Waals surface area (Å²) in [7, 11) is 1.58. The number of carbonyl (C=O) groups is 1. The third kappa shape index (κ3) is 6.86. The molecule has 244 valence electrons. The molecule has 7 nitrogen and oxygen atoms in total. The fraction of sp³-hybridized carbons (Fsp3) is 0.205. The lowest BCUT2D eigenvalue weighted by Crippen LogP contribution is -2.40. The van der Waals surface area contributed by atoms with Crippen LogP contribution in [-0.4, -0.2) is 24.3 Å². The minimum atomic E-state index is -0.739. The molecule has 0 unspecified atom stereocenters. The van der Waals surface area contributed by atoms with Crippen LogP contribution in [0.15, 0.2) is 112 Å². The molecule has 6 rings (SSSR count). The van der Waals surface area contributed by atoms with Crippen LogP contribution in [0.5, 0.6) is 11.5 Å². The number of methoxy groups -OCH3 is 1. The van der Waals surface area contributed by atoms with E-state index < -0.39 is 12.0 Å². The number of nitrogens with zero attached hydrogens (tertiary/aromatic N) is 2. The normalized spacial score (nSPS) is 14.5. The maximum absolute atomic E-state index is 14.3. The molecule has 1 aromatic heterocycles.